The average Bonchev–Trinajstić information content (AvgIpc) is 2.87. The molecule has 0 aliphatic heterocycles. The van der Waals surface area contributed by atoms with E-state index in [9.17, 15) is 18.8 Å². The molecule has 1 atom stereocenters. The molecule has 0 saturated heterocycles. The number of nitriles is 1. The van der Waals surface area contributed by atoms with Crippen LogP contribution in [0.5, 0.6) is 11.8 Å². The molecule has 0 amide bonds. The number of fused-ring (bicyclic) bond motifs is 1. The Labute approximate surface area is 145 Å². The molecule has 0 bridgehead atoms. The van der Waals surface area contributed by atoms with Gasteiger partial charge in [0.15, 0.2) is 0 Å². The summed E-state index contributed by atoms with van der Waals surface area (Å²) in [4.78, 5) is 0. The molecule has 0 fully saturated rings. The number of hydrogen-bond acceptors (Lipinski definition) is 5. The summed E-state index contributed by atoms with van der Waals surface area (Å²) in [7, 11) is 1.20. The van der Waals surface area contributed by atoms with Crippen LogP contribution in [-0.2, 0) is 21.9 Å². The van der Waals surface area contributed by atoms with Crippen molar-refractivity contribution < 1.29 is 23.0 Å². The maximum Gasteiger partial charge on any atom is 0.261 e. The molecule has 130 valence electrons. The van der Waals surface area contributed by atoms with E-state index >= 15 is 0 Å². The zero-order chi connectivity index (χ0) is 18.1. The molecule has 9 heteroatoms. The van der Waals surface area contributed by atoms with Crippen LogP contribution in [0.25, 0.3) is 11.8 Å². The molecule has 3 N–H and O–H groups in total. The van der Waals surface area contributed by atoms with Gasteiger partial charge in [-0.15, -0.1) is 0 Å². The number of nitrogens with zero attached hydrogens (tertiary/aromatic N) is 2. The van der Waals surface area contributed by atoms with Gasteiger partial charge in [-0.05, 0) is 25.0 Å². The number of anilines is 1. The SMILES string of the molecule is COS(=O)Nc1cc(-n2c(O)c3c(c2O)CCC=C3)c(F)cc1C#N. The van der Waals surface area contributed by atoms with Gasteiger partial charge >= 0.3 is 0 Å². The van der Waals surface area contributed by atoms with Gasteiger partial charge in [0.1, 0.15) is 11.9 Å². The Morgan fingerprint density at radius 2 is 2.16 bits per heavy atom. The number of halogens is 1. The highest BCUT2D eigenvalue weighted by Crippen LogP contribution is 2.41. The van der Waals surface area contributed by atoms with Crippen LogP contribution in [0.15, 0.2) is 18.2 Å². The van der Waals surface area contributed by atoms with E-state index in [4.69, 9.17) is 5.26 Å². The first-order chi connectivity index (χ1) is 12.0. The Kier molecular flexibility index (Phi) is 4.48. The van der Waals surface area contributed by atoms with E-state index < -0.39 is 17.1 Å². The highest BCUT2D eigenvalue weighted by Gasteiger charge is 2.25. The molecule has 1 unspecified atom stereocenters. The molecule has 0 radical (unpaired) electrons. The molecular weight excluding hydrogens is 349 g/mol. The monoisotopic (exact) mass is 363 g/mol. The summed E-state index contributed by atoms with van der Waals surface area (Å²) in [6, 6.07) is 3.89. The van der Waals surface area contributed by atoms with Gasteiger partial charge in [0.05, 0.1) is 24.0 Å². The topological polar surface area (TPSA) is 108 Å². The van der Waals surface area contributed by atoms with E-state index in [2.05, 4.69) is 8.91 Å². The molecular formula is C16H14FN3O4S. The Morgan fingerprint density at radius 1 is 1.40 bits per heavy atom. The predicted octanol–water partition coefficient (Wildman–Crippen LogP) is 2.50. The lowest BCUT2D eigenvalue weighted by molar-refractivity contribution is 0.397. The summed E-state index contributed by atoms with van der Waals surface area (Å²) in [6.45, 7) is 0. The molecule has 1 heterocycles. The highest BCUT2D eigenvalue weighted by atomic mass is 32.2. The number of allylic oxidation sites excluding steroid dienone is 1. The van der Waals surface area contributed by atoms with E-state index in [0.29, 0.717) is 24.0 Å². The van der Waals surface area contributed by atoms with Crippen molar-refractivity contribution in [1.29, 1.82) is 5.26 Å². The Morgan fingerprint density at radius 3 is 2.80 bits per heavy atom. The zero-order valence-corrected chi connectivity index (χ0v) is 13.9. The second-order valence-electron chi connectivity index (χ2n) is 5.28. The van der Waals surface area contributed by atoms with Crippen LogP contribution in [0.3, 0.4) is 0 Å². The minimum Gasteiger partial charge on any atom is -0.494 e. The van der Waals surface area contributed by atoms with E-state index in [-0.39, 0.29) is 28.7 Å². The fourth-order valence-electron chi connectivity index (χ4n) is 2.73. The molecule has 0 spiro atoms. The number of rotatable bonds is 4. The largest absolute Gasteiger partial charge is 0.494 e. The molecule has 3 rings (SSSR count). The van der Waals surface area contributed by atoms with Crippen LogP contribution in [0.4, 0.5) is 10.1 Å². The Balaban J connectivity index is 2.20. The summed E-state index contributed by atoms with van der Waals surface area (Å²) in [6.07, 6.45) is 4.70. The second kappa shape index (κ2) is 6.58. The normalized spacial score (nSPS) is 14.0. The summed E-state index contributed by atoms with van der Waals surface area (Å²) in [5, 5.41) is 29.9. The molecule has 1 aliphatic rings. The van der Waals surface area contributed by atoms with Gasteiger partial charge in [0.2, 0.25) is 11.8 Å². The smallest absolute Gasteiger partial charge is 0.261 e. The van der Waals surface area contributed by atoms with E-state index in [1.165, 1.54) is 13.2 Å². The minimum atomic E-state index is -1.93. The quantitative estimate of drug-likeness (QED) is 0.774. The Hall–Kier alpha value is -2.83. The van der Waals surface area contributed by atoms with Gasteiger partial charge in [0.25, 0.3) is 11.3 Å². The van der Waals surface area contributed by atoms with Crippen molar-refractivity contribution in [3.05, 3.63) is 40.7 Å². The van der Waals surface area contributed by atoms with Gasteiger partial charge in [-0.2, -0.15) is 5.26 Å². The molecule has 1 aliphatic carbocycles. The summed E-state index contributed by atoms with van der Waals surface area (Å²) in [5.74, 6) is -1.42. The van der Waals surface area contributed by atoms with Crippen LogP contribution in [0, 0.1) is 17.1 Å². The second-order valence-corrected chi connectivity index (χ2v) is 6.29. The van der Waals surface area contributed by atoms with E-state index in [1.54, 1.807) is 12.1 Å². The van der Waals surface area contributed by atoms with Gasteiger partial charge in [0, 0.05) is 11.1 Å². The third-order valence-electron chi connectivity index (χ3n) is 3.90. The number of hydrogen-bond donors (Lipinski definition) is 3. The van der Waals surface area contributed by atoms with Crippen molar-refractivity contribution in [1.82, 2.24) is 4.57 Å². The first kappa shape index (κ1) is 17.0. The predicted molar refractivity (Wildman–Crippen MR) is 89.9 cm³/mol. The minimum absolute atomic E-state index is 0.0418. The molecule has 25 heavy (non-hydrogen) atoms. The highest BCUT2D eigenvalue weighted by molar-refractivity contribution is 7.81. The standard InChI is InChI=1S/C16H14FN3O4S/c1-24-25(23)19-13-7-14(12(17)6-9(13)8-18)20-15(21)10-4-2-3-5-11(10)16(20)22/h2,4,6-7,19,21-22H,3,5H2,1H3. The van der Waals surface area contributed by atoms with E-state index in [1.807, 2.05) is 6.08 Å². The van der Waals surface area contributed by atoms with Crippen LogP contribution in [-0.4, -0.2) is 26.1 Å². The lowest BCUT2D eigenvalue weighted by Gasteiger charge is -2.12. The van der Waals surface area contributed by atoms with E-state index in [0.717, 1.165) is 10.6 Å². The molecule has 7 nitrogen and oxygen atoms in total. The van der Waals surface area contributed by atoms with Crippen LogP contribution in [0.2, 0.25) is 0 Å². The van der Waals surface area contributed by atoms with Crippen molar-refractivity contribution in [2.75, 3.05) is 11.8 Å². The van der Waals surface area contributed by atoms with Gasteiger partial charge < -0.3 is 10.2 Å². The molecule has 0 saturated carbocycles. The Bertz CT molecular complexity index is 946. The number of nitrogens with one attached hydrogen (secondary N) is 1. The van der Waals surface area contributed by atoms with Crippen molar-refractivity contribution in [3.8, 4) is 23.5 Å². The fraction of sp³-hybridized carbons (Fsp3) is 0.188. The van der Waals surface area contributed by atoms with Crippen molar-refractivity contribution >= 4 is 23.0 Å². The van der Waals surface area contributed by atoms with Crippen LogP contribution < -0.4 is 4.72 Å². The number of benzene rings is 1. The molecule has 1 aromatic heterocycles. The lowest BCUT2D eigenvalue weighted by atomic mass is 10.0. The third-order valence-corrected chi connectivity index (χ3v) is 4.59. The number of aromatic nitrogens is 1. The van der Waals surface area contributed by atoms with Gasteiger partial charge in [-0.1, -0.05) is 12.2 Å². The van der Waals surface area contributed by atoms with Crippen molar-refractivity contribution in [2.45, 2.75) is 12.8 Å². The van der Waals surface area contributed by atoms with Crippen molar-refractivity contribution in [2.24, 2.45) is 0 Å². The number of aromatic hydroxyl groups is 2. The summed E-state index contributed by atoms with van der Waals surface area (Å²) >= 11 is -1.93. The maximum absolute atomic E-state index is 14.5. The lowest BCUT2D eigenvalue weighted by Crippen LogP contribution is -2.08. The fourth-order valence-corrected chi connectivity index (χ4v) is 3.16. The molecule has 2 aromatic rings. The summed E-state index contributed by atoms with van der Waals surface area (Å²) < 4.78 is 34.0. The first-order valence-electron chi connectivity index (χ1n) is 7.26. The molecule has 1 aromatic carbocycles. The van der Waals surface area contributed by atoms with Gasteiger partial charge in [-0.3, -0.25) is 8.91 Å². The van der Waals surface area contributed by atoms with Crippen LogP contribution >= 0.6 is 0 Å². The summed E-state index contributed by atoms with van der Waals surface area (Å²) in [5.41, 5.74) is 0.691. The zero-order valence-electron chi connectivity index (χ0n) is 13.1. The average molecular weight is 363 g/mol. The first-order valence-corrected chi connectivity index (χ1v) is 8.34. The maximum atomic E-state index is 14.5. The van der Waals surface area contributed by atoms with Crippen molar-refractivity contribution in [3.63, 3.8) is 0 Å². The van der Waals surface area contributed by atoms with Crippen LogP contribution in [0.1, 0.15) is 23.1 Å². The third kappa shape index (κ3) is 2.86. The van der Waals surface area contributed by atoms with Gasteiger partial charge in [-0.25, -0.2) is 13.2 Å².